The number of aryl methyl sites for hydroxylation is 7. The van der Waals surface area contributed by atoms with E-state index in [2.05, 4.69) is 88.2 Å². The number of Topliss-reactive ketones (excluding diaryl/α,β-unsaturated/α-hetero) is 2. The maximum absolute atomic E-state index is 13.9. The molecule has 2 aromatic heterocycles. The van der Waals surface area contributed by atoms with Gasteiger partial charge in [-0.05, 0) is 174 Å². The lowest BCUT2D eigenvalue weighted by atomic mass is 9.99. The van der Waals surface area contributed by atoms with Crippen molar-refractivity contribution in [1.29, 1.82) is 0 Å². The summed E-state index contributed by atoms with van der Waals surface area (Å²) in [5, 5.41) is 2.35. The average Bonchev–Trinajstić information content (AvgIpc) is 3.72. The van der Waals surface area contributed by atoms with Crippen LogP contribution in [0.2, 0.25) is 0 Å². The van der Waals surface area contributed by atoms with Crippen LogP contribution in [0.25, 0.3) is 22.5 Å². The molecule has 0 atom stereocenters. The Hall–Kier alpha value is -6.23. The lowest BCUT2D eigenvalue weighted by Crippen LogP contribution is -2.17. The Bertz CT molecular complexity index is 3160. The van der Waals surface area contributed by atoms with Crippen molar-refractivity contribution in [3.63, 3.8) is 0 Å². The Balaban J connectivity index is 0.000000173. The largest absolute Gasteiger partial charge is 0.466 e. The summed E-state index contributed by atoms with van der Waals surface area (Å²) < 4.78 is 40.1. The molecular weight excluding hydrogens is 1150 g/mol. The number of nitrogens with one attached hydrogen (secondary N) is 1. The van der Waals surface area contributed by atoms with Crippen LogP contribution in [-0.2, 0) is 51.2 Å². The number of benzene rings is 4. The highest BCUT2D eigenvalue weighted by Gasteiger charge is 2.24. The van der Waals surface area contributed by atoms with Gasteiger partial charge < -0.3 is 19.7 Å². The van der Waals surface area contributed by atoms with E-state index in [0.29, 0.717) is 29.1 Å². The molecule has 0 aliphatic heterocycles. The number of aromatic nitrogens is 2. The fourth-order valence-electron chi connectivity index (χ4n) is 8.98. The number of ether oxygens (including phenoxy) is 2. The number of hydrogen-bond donors (Lipinski definition) is 1. The number of methoxy groups -OCH3 is 1. The van der Waals surface area contributed by atoms with Gasteiger partial charge in [0, 0.05) is 56.0 Å². The molecule has 3 aliphatic rings. The summed E-state index contributed by atoms with van der Waals surface area (Å²) in [7, 11) is 5.31. The first kappa shape index (κ1) is 58.0. The topological polar surface area (TPSA) is 145 Å². The molecule has 1 amide bonds. The smallest absolute Gasteiger partial charge is 0.339 e. The number of ketones is 2. The molecule has 0 saturated heterocycles. The number of nitrogens with zero attached hydrogens (tertiary/aromatic N) is 3. The summed E-state index contributed by atoms with van der Waals surface area (Å²) in [5.41, 5.74) is 13.3. The fourth-order valence-corrected chi connectivity index (χ4v) is 10.1. The van der Waals surface area contributed by atoms with Crippen molar-refractivity contribution in [3.8, 4) is 22.5 Å². The summed E-state index contributed by atoms with van der Waals surface area (Å²) in [5.74, 6) is -2.94. The second-order valence-corrected chi connectivity index (χ2v) is 21.1. The molecule has 0 spiro atoms. The fraction of sp³-hybridized carbons (Fsp3) is 0.305. The van der Waals surface area contributed by atoms with Crippen LogP contribution in [0, 0.1) is 25.5 Å². The minimum atomic E-state index is -0.813. The Morgan fingerprint density at radius 3 is 1.60 bits per heavy atom. The predicted molar refractivity (Wildman–Crippen MR) is 299 cm³/mol. The third-order valence-electron chi connectivity index (χ3n) is 12.5. The lowest BCUT2D eigenvalue weighted by molar-refractivity contribution is -0.145. The van der Waals surface area contributed by atoms with Gasteiger partial charge in [-0.2, -0.15) is 0 Å². The van der Waals surface area contributed by atoms with E-state index in [1.807, 2.05) is 62.5 Å². The zero-order chi connectivity index (χ0) is 54.5. The van der Waals surface area contributed by atoms with E-state index in [4.69, 9.17) is 14.7 Å². The molecule has 4 aromatic carbocycles. The number of carbonyl (C=O) groups excluding carboxylic acids is 5. The summed E-state index contributed by atoms with van der Waals surface area (Å²) >= 11 is 10.5. The standard InChI is InChI=1S/C22H17BrF2N2O.C17H16BrNO2.C14H16BrNO.C6H10O3/c1-12-16(22(28)27-21-18(24)6-3-7-19(21)25)10-14-5-2-4-13-8-9-15(23)11-17(13)20(14)26-12;1-10-14(17(20)21-2)8-12-5-3-4-11-6-7-13(18)9-15(11)16(12)19-10;1-16(2)9-11-5-3-4-10-6-7-12(15)8-13(10)14(11)17;1-3-9-6(8)4-5(2)7/h3,6-11H,2,4-5H2,1H3,(H,27,28);6-9H,3-5H2,1-2H3;6-9H,3-5H2,1-2H3;3-4H2,1-2H3/b;;11-9+;. The summed E-state index contributed by atoms with van der Waals surface area (Å²) in [4.78, 5) is 68.9. The van der Waals surface area contributed by atoms with E-state index in [1.165, 1.54) is 36.8 Å². The van der Waals surface area contributed by atoms with Gasteiger partial charge in [-0.15, -0.1) is 0 Å². The predicted octanol–water partition coefficient (Wildman–Crippen LogP) is 13.9. The number of esters is 2. The summed E-state index contributed by atoms with van der Waals surface area (Å²) in [6, 6.07) is 25.7. The Morgan fingerprint density at radius 1 is 0.667 bits per heavy atom. The number of amides is 1. The van der Waals surface area contributed by atoms with Crippen LogP contribution in [-0.4, -0.2) is 72.1 Å². The molecule has 75 heavy (non-hydrogen) atoms. The maximum Gasteiger partial charge on any atom is 0.339 e. The van der Waals surface area contributed by atoms with E-state index in [-0.39, 0.29) is 24.0 Å². The molecule has 0 unspecified atom stereocenters. The Labute approximate surface area is 462 Å². The number of rotatable bonds is 7. The van der Waals surface area contributed by atoms with Crippen molar-refractivity contribution in [1.82, 2.24) is 14.9 Å². The zero-order valence-corrected chi connectivity index (χ0v) is 47.8. The molecule has 6 aromatic rings. The van der Waals surface area contributed by atoms with Crippen molar-refractivity contribution in [2.75, 3.05) is 33.1 Å². The first-order valence-electron chi connectivity index (χ1n) is 24.6. The first-order chi connectivity index (χ1) is 35.8. The van der Waals surface area contributed by atoms with Crippen LogP contribution in [0.15, 0.2) is 110 Å². The summed E-state index contributed by atoms with van der Waals surface area (Å²) in [6.07, 6.45) is 10.4. The molecule has 0 bridgehead atoms. The molecule has 9 rings (SSSR count). The van der Waals surface area contributed by atoms with E-state index < -0.39 is 29.2 Å². The van der Waals surface area contributed by atoms with Crippen molar-refractivity contribution < 1.29 is 42.2 Å². The van der Waals surface area contributed by atoms with Crippen LogP contribution in [0.1, 0.15) is 116 Å². The monoisotopic (exact) mass is 1210 g/mol. The molecule has 0 radical (unpaired) electrons. The van der Waals surface area contributed by atoms with Gasteiger partial charge >= 0.3 is 11.9 Å². The van der Waals surface area contributed by atoms with E-state index in [0.717, 1.165) is 128 Å². The van der Waals surface area contributed by atoms with Gasteiger partial charge in [0.15, 0.2) is 5.78 Å². The minimum absolute atomic E-state index is 0.103. The van der Waals surface area contributed by atoms with E-state index >= 15 is 0 Å². The highest BCUT2D eigenvalue weighted by molar-refractivity contribution is 9.11. The van der Waals surface area contributed by atoms with Gasteiger partial charge in [0.25, 0.3) is 5.91 Å². The molecule has 0 saturated carbocycles. The molecule has 11 nitrogen and oxygen atoms in total. The van der Waals surface area contributed by atoms with Crippen LogP contribution in [0.3, 0.4) is 0 Å². The number of carbonyl (C=O) groups is 5. The highest BCUT2D eigenvalue weighted by atomic mass is 79.9. The van der Waals surface area contributed by atoms with E-state index in [9.17, 15) is 32.8 Å². The molecule has 16 heteroatoms. The van der Waals surface area contributed by atoms with Crippen molar-refractivity contribution >= 4 is 82.9 Å². The number of allylic oxidation sites excluding steroid dienone is 1. The number of halogens is 5. The van der Waals surface area contributed by atoms with Gasteiger partial charge in [0.2, 0.25) is 0 Å². The van der Waals surface area contributed by atoms with Gasteiger partial charge in [-0.3, -0.25) is 29.1 Å². The molecule has 2 heterocycles. The number of fused-ring (bicyclic) bond motifs is 7. The highest BCUT2D eigenvalue weighted by Crippen LogP contribution is 2.36. The second-order valence-electron chi connectivity index (χ2n) is 18.4. The van der Waals surface area contributed by atoms with Gasteiger partial charge in [-0.25, -0.2) is 13.6 Å². The number of anilines is 1. The van der Waals surface area contributed by atoms with Crippen LogP contribution >= 0.6 is 47.8 Å². The normalized spacial score (nSPS) is 13.5. The van der Waals surface area contributed by atoms with Crippen molar-refractivity contribution in [2.24, 2.45) is 0 Å². The lowest BCUT2D eigenvalue weighted by Gasteiger charge is -2.14. The Morgan fingerprint density at radius 2 is 1.12 bits per heavy atom. The van der Waals surface area contributed by atoms with Crippen LogP contribution < -0.4 is 5.32 Å². The van der Waals surface area contributed by atoms with Gasteiger partial charge in [0.1, 0.15) is 29.5 Å². The minimum Gasteiger partial charge on any atom is -0.466 e. The average molecular weight is 1210 g/mol. The van der Waals surface area contributed by atoms with Crippen molar-refractivity contribution in [3.05, 3.63) is 178 Å². The van der Waals surface area contributed by atoms with E-state index in [1.54, 1.807) is 19.9 Å². The van der Waals surface area contributed by atoms with Gasteiger partial charge in [0.05, 0.1) is 47.6 Å². The maximum atomic E-state index is 13.9. The molecule has 0 fully saturated rings. The summed E-state index contributed by atoms with van der Waals surface area (Å²) in [6.45, 7) is 6.99. The Kier molecular flexibility index (Phi) is 20.9. The quantitative estimate of drug-likeness (QED) is 0.0710. The first-order valence-corrected chi connectivity index (χ1v) is 26.9. The SMILES string of the molecule is CCOC(=O)CC(C)=O.CN(C)/C=C1\CCCc2ccc(Br)cc2C1=O.COC(=O)c1cc2c(nc1C)-c1cc(Br)ccc1CCC2.Cc1nc2c(cc1C(=O)Nc1c(F)cccc1F)CCCc1ccc(Br)cc1-2. The third-order valence-corrected chi connectivity index (χ3v) is 14.0. The molecule has 3 aliphatic carbocycles. The number of pyridine rings is 2. The number of para-hydroxylation sites is 1. The molecule has 1 N–H and O–H groups in total. The second kappa shape index (κ2) is 27.0. The zero-order valence-electron chi connectivity index (χ0n) is 43.0. The van der Waals surface area contributed by atoms with Crippen LogP contribution in [0.5, 0.6) is 0 Å². The molecule has 392 valence electrons. The number of hydrogen-bond acceptors (Lipinski definition) is 10. The van der Waals surface area contributed by atoms with Gasteiger partial charge in [-0.1, -0.05) is 72.1 Å². The van der Waals surface area contributed by atoms with Crippen molar-refractivity contribution in [2.45, 2.75) is 91.9 Å². The third kappa shape index (κ3) is 15.4. The molecular formula is C59H59Br3F2N4O7. The van der Waals surface area contributed by atoms with Crippen LogP contribution in [0.4, 0.5) is 14.5 Å².